The SMILES string of the molecule is ClC(Cl)[B-](Cl)(C(Cl)Cl)[P+](c1ccccc1)(c1ccccc1)c1ccccc1. The van der Waals surface area contributed by atoms with Gasteiger partial charge in [-0.2, -0.15) is 0 Å². The molecule has 3 aromatic carbocycles. The Kier molecular flexibility index (Phi) is 7.07. The minimum atomic E-state index is -2.59. The lowest BCUT2D eigenvalue weighted by Crippen LogP contribution is -2.56. The van der Waals surface area contributed by atoms with E-state index in [-0.39, 0.29) is 0 Å². The minimum absolute atomic E-state index is 0.944. The molecule has 0 amide bonds. The molecule has 7 heteroatoms. The van der Waals surface area contributed by atoms with Crippen LogP contribution in [0.15, 0.2) is 91.0 Å². The largest absolute Gasteiger partial charge is 0.331 e. The molecular formula is C20H17BCl5P. The van der Waals surface area contributed by atoms with Crippen molar-refractivity contribution >= 4 is 86.2 Å². The van der Waals surface area contributed by atoms with Crippen LogP contribution in [-0.4, -0.2) is 14.8 Å². The summed E-state index contributed by atoms with van der Waals surface area (Å²) in [6.07, 6.45) is 0. The van der Waals surface area contributed by atoms with E-state index < -0.39 is 21.9 Å². The first-order valence-electron chi connectivity index (χ1n) is 8.42. The highest BCUT2D eigenvalue weighted by Crippen LogP contribution is 2.69. The number of halogens is 5. The molecule has 0 bridgehead atoms. The molecule has 0 N–H and O–H groups in total. The summed E-state index contributed by atoms with van der Waals surface area (Å²) in [5.74, 6) is 0. The van der Waals surface area contributed by atoms with Crippen molar-refractivity contribution in [1.82, 2.24) is 0 Å². The van der Waals surface area contributed by atoms with Crippen molar-refractivity contribution in [3.63, 3.8) is 0 Å². The highest BCUT2D eigenvalue weighted by molar-refractivity contribution is 8.28. The second kappa shape index (κ2) is 8.96. The van der Waals surface area contributed by atoms with Gasteiger partial charge in [-0.1, -0.05) is 54.6 Å². The van der Waals surface area contributed by atoms with Crippen LogP contribution in [0.4, 0.5) is 0 Å². The molecule has 0 saturated carbocycles. The van der Waals surface area contributed by atoms with Gasteiger partial charge in [-0.15, -0.1) is 46.4 Å². The van der Waals surface area contributed by atoms with Crippen molar-refractivity contribution in [3.05, 3.63) is 91.0 Å². The molecule has 27 heavy (non-hydrogen) atoms. The molecule has 0 aliphatic carbocycles. The Bertz CT molecular complexity index is 755. The molecule has 0 heterocycles. The van der Waals surface area contributed by atoms with E-state index >= 15 is 0 Å². The van der Waals surface area contributed by atoms with E-state index in [0.29, 0.717) is 0 Å². The summed E-state index contributed by atoms with van der Waals surface area (Å²) >= 11 is 33.5. The summed E-state index contributed by atoms with van der Waals surface area (Å²) < 4.78 is -1.89. The van der Waals surface area contributed by atoms with Crippen LogP contribution >= 0.6 is 65.0 Å². The molecule has 3 aromatic rings. The first kappa shape index (κ1) is 21.3. The summed E-state index contributed by atoms with van der Waals surface area (Å²) in [5.41, 5.74) is 0. The van der Waals surface area contributed by atoms with E-state index in [1.807, 2.05) is 54.6 Å². The molecule has 0 atom stereocenters. The monoisotopic (exact) mass is 474 g/mol. The van der Waals surface area contributed by atoms with Gasteiger partial charge in [0.25, 0.3) is 0 Å². The van der Waals surface area contributed by atoms with Crippen molar-refractivity contribution in [1.29, 1.82) is 0 Å². The molecule has 0 unspecified atom stereocenters. The summed E-state index contributed by atoms with van der Waals surface area (Å²) in [6, 6.07) is 30.1. The molecular weight excluding hydrogens is 459 g/mol. The Hall–Kier alpha value is -0.395. The minimum Gasteiger partial charge on any atom is -0.331 e. The normalized spacial score (nSPS) is 12.6. The predicted molar refractivity (Wildman–Crippen MR) is 128 cm³/mol. The average Bonchev–Trinajstić information content (AvgIpc) is 2.70. The number of rotatable bonds is 6. The first-order chi connectivity index (χ1) is 13.0. The van der Waals surface area contributed by atoms with Crippen molar-refractivity contribution < 1.29 is 0 Å². The van der Waals surface area contributed by atoms with Gasteiger partial charge in [0.05, 0.1) is 15.9 Å². The van der Waals surface area contributed by atoms with Crippen LogP contribution in [0.1, 0.15) is 0 Å². The lowest BCUT2D eigenvalue weighted by molar-refractivity contribution is 1.66. The van der Waals surface area contributed by atoms with E-state index in [1.54, 1.807) is 0 Å². The second-order valence-corrected chi connectivity index (χ2v) is 13.4. The first-order valence-corrected chi connectivity index (χ1v) is 12.5. The lowest BCUT2D eigenvalue weighted by atomic mass is 9.79. The molecule has 0 aromatic heterocycles. The third-order valence-corrected chi connectivity index (χ3v) is 14.1. The molecule has 0 nitrogen and oxygen atoms in total. The van der Waals surface area contributed by atoms with Crippen LogP contribution in [0.5, 0.6) is 0 Å². The van der Waals surface area contributed by atoms with Crippen LogP contribution < -0.4 is 15.9 Å². The molecule has 140 valence electrons. The predicted octanol–water partition coefficient (Wildman–Crippen LogP) is 6.35. The van der Waals surface area contributed by atoms with E-state index in [9.17, 15) is 0 Å². The summed E-state index contributed by atoms with van der Waals surface area (Å²) in [4.78, 5) is 0. The fourth-order valence-electron chi connectivity index (χ4n) is 3.57. The zero-order chi connectivity index (χ0) is 19.5. The Morgan fingerprint density at radius 1 is 0.519 bits per heavy atom. The molecule has 0 aliphatic rings. The van der Waals surface area contributed by atoms with Crippen molar-refractivity contribution in [2.45, 2.75) is 9.47 Å². The third kappa shape index (κ3) is 3.64. The van der Waals surface area contributed by atoms with Gasteiger partial charge in [0.15, 0.2) is 0 Å². The number of alkyl halides is 4. The molecule has 0 saturated heterocycles. The van der Waals surface area contributed by atoms with Gasteiger partial charge in [-0.3, -0.25) is 0 Å². The smallest absolute Gasteiger partial charge is 0.322 e. The van der Waals surface area contributed by atoms with E-state index in [0.717, 1.165) is 15.9 Å². The van der Waals surface area contributed by atoms with Crippen molar-refractivity contribution in [2.24, 2.45) is 0 Å². The molecule has 0 aliphatic heterocycles. The number of hydrogen-bond donors (Lipinski definition) is 0. The van der Waals surface area contributed by atoms with Gasteiger partial charge in [-0.05, 0) is 43.5 Å². The van der Waals surface area contributed by atoms with Gasteiger partial charge in [0, 0.05) is 9.47 Å². The summed E-state index contributed by atoms with van der Waals surface area (Å²) in [5, 5.41) is 0.912. The Morgan fingerprint density at radius 3 is 1.00 bits per heavy atom. The van der Waals surface area contributed by atoms with Crippen LogP contribution in [0.2, 0.25) is 0 Å². The molecule has 0 radical (unpaired) electrons. The summed E-state index contributed by atoms with van der Waals surface area (Å²) in [6.45, 7) is 0. The fourth-order valence-corrected chi connectivity index (χ4v) is 12.4. The molecule has 0 spiro atoms. The van der Waals surface area contributed by atoms with E-state index in [4.69, 9.17) is 57.9 Å². The van der Waals surface area contributed by atoms with Crippen molar-refractivity contribution in [2.75, 3.05) is 0 Å². The quantitative estimate of drug-likeness (QED) is 0.221. The summed E-state index contributed by atoms with van der Waals surface area (Å²) in [7, 11) is -2.59. The average molecular weight is 476 g/mol. The molecule has 0 fully saturated rings. The van der Waals surface area contributed by atoms with Crippen LogP contribution in [0.3, 0.4) is 0 Å². The van der Waals surface area contributed by atoms with E-state index in [1.165, 1.54) is 0 Å². The van der Waals surface area contributed by atoms with Gasteiger partial charge in [-0.25, -0.2) is 0 Å². The van der Waals surface area contributed by atoms with Crippen LogP contribution in [-0.2, 0) is 0 Å². The third-order valence-electron chi connectivity index (χ3n) is 4.79. The number of hydrogen-bond acceptors (Lipinski definition) is 0. The Labute approximate surface area is 185 Å². The maximum Gasteiger partial charge on any atom is 0.322 e. The van der Waals surface area contributed by atoms with Gasteiger partial charge >= 0.3 is 5.28 Å². The van der Waals surface area contributed by atoms with Crippen LogP contribution in [0, 0.1) is 0 Å². The van der Waals surface area contributed by atoms with Gasteiger partial charge < -0.3 is 11.5 Å². The maximum absolute atomic E-state index is 7.32. The van der Waals surface area contributed by atoms with Crippen LogP contribution in [0.25, 0.3) is 0 Å². The second-order valence-electron chi connectivity index (χ2n) is 6.24. The highest BCUT2D eigenvalue weighted by atomic mass is 35.5. The zero-order valence-corrected chi connectivity index (χ0v) is 18.9. The zero-order valence-electron chi connectivity index (χ0n) is 14.2. The standard InChI is InChI=1S/C20H17BCl5P/c22-19(23)21(26,20(24)25)27(16-10-4-1-5-11-16,17-12-6-2-7-13-17)18-14-8-3-9-15-18/h1-15,19-20H. The fraction of sp³-hybridized carbons (Fsp3) is 0.100. The van der Waals surface area contributed by atoms with Gasteiger partial charge in [0.1, 0.15) is 0 Å². The molecule has 3 rings (SSSR count). The topological polar surface area (TPSA) is 0 Å². The lowest BCUT2D eigenvalue weighted by Gasteiger charge is -2.48. The number of benzene rings is 3. The van der Waals surface area contributed by atoms with Gasteiger partial charge in [0.2, 0.25) is 0 Å². The van der Waals surface area contributed by atoms with Crippen molar-refractivity contribution in [3.8, 4) is 0 Å². The Balaban J connectivity index is 2.51. The Morgan fingerprint density at radius 2 is 0.778 bits per heavy atom. The van der Waals surface area contributed by atoms with E-state index in [2.05, 4.69) is 36.4 Å². The highest BCUT2D eigenvalue weighted by Gasteiger charge is 2.63. The maximum atomic E-state index is 7.32.